The molecule has 0 bridgehead atoms. The normalized spacial score (nSPS) is 15.9. The molecular formula is C15H19F3O. The summed E-state index contributed by atoms with van der Waals surface area (Å²) >= 11 is 0. The zero-order valence-corrected chi connectivity index (χ0v) is 11.4. The summed E-state index contributed by atoms with van der Waals surface area (Å²) in [6, 6.07) is 5.45. The number of hydrogen-bond acceptors (Lipinski definition) is 1. The van der Waals surface area contributed by atoms with E-state index in [2.05, 4.69) is 6.58 Å². The predicted octanol–water partition coefficient (Wildman–Crippen LogP) is 4.21. The molecule has 0 heterocycles. The van der Waals surface area contributed by atoms with Gasteiger partial charge in [-0.15, -0.1) is 6.58 Å². The van der Waals surface area contributed by atoms with Gasteiger partial charge >= 0.3 is 6.18 Å². The van der Waals surface area contributed by atoms with Gasteiger partial charge < -0.3 is 5.11 Å². The van der Waals surface area contributed by atoms with Crippen molar-refractivity contribution >= 4 is 0 Å². The molecule has 0 aromatic heterocycles. The predicted molar refractivity (Wildman–Crippen MR) is 69.7 cm³/mol. The van der Waals surface area contributed by atoms with Crippen LogP contribution in [0.5, 0.6) is 0 Å². The molecular weight excluding hydrogens is 253 g/mol. The number of benzene rings is 1. The number of rotatable bonds is 4. The summed E-state index contributed by atoms with van der Waals surface area (Å²) < 4.78 is 38.8. The van der Waals surface area contributed by atoms with Crippen molar-refractivity contribution in [2.24, 2.45) is 5.41 Å². The van der Waals surface area contributed by atoms with Crippen LogP contribution in [-0.2, 0) is 12.6 Å². The Kier molecular flexibility index (Phi) is 4.15. The largest absolute Gasteiger partial charge is 0.416 e. The van der Waals surface area contributed by atoms with E-state index in [1.54, 1.807) is 26.8 Å². The topological polar surface area (TPSA) is 20.2 Å². The van der Waals surface area contributed by atoms with Crippen LogP contribution in [0.2, 0.25) is 0 Å². The van der Waals surface area contributed by atoms with E-state index in [1.165, 1.54) is 18.2 Å². The van der Waals surface area contributed by atoms with Crippen molar-refractivity contribution in [2.75, 3.05) is 0 Å². The van der Waals surface area contributed by atoms with E-state index in [1.807, 2.05) is 0 Å². The zero-order chi connectivity index (χ0) is 14.9. The molecule has 19 heavy (non-hydrogen) atoms. The summed E-state index contributed by atoms with van der Waals surface area (Å²) in [5, 5.41) is 10.2. The first-order valence-electron chi connectivity index (χ1n) is 6.02. The molecule has 1 unspecified atom stereocenters. The van der Waals surface area contributed by atoms with E-state index in [-0.39, 0.29) is 12.0 Å². The summed E-state index contributed by atoms with van der Waals surface area (Å²) in [7, 11) is 0. The highest BCUT2D eigenvalue weighted by molar-refractivity contribution is 5.31. The van der Waals surface area contributed by atoms with Gasteiger partial charge in [0, 0.05) is 5.41 Å². The quantitative estimate of drug-likeness (QED) is 0.814. The molecule has 106 valence electrons. The average molecular weight is 272 g/mol. The Balaban J connectivity index is 3.17. The first-order chi connectivity index (χ1) is 8.51. The van der Waals surface area contributed by atoms with Gasteiger partial charge in [-0.25, -0.2) is 0 Å². The van der Waals surface area contributed by atoms with Gasteiger partial charge in [0.25, 0.3) is 0 Å². The highest BCUT2D eigenvalue weighted by atomic mass is 19.4. The molecule has 1 atom stereocenters. The molecule has 1 aromatic rings. The van der Waals surface area contributed by atoms with Gasteiger partial charge in [0.15, 0.2) is 0 Å². The first-order valence-corrected chi connectivity index (χ1v) is 6.02. The third kappa shape index (κ3) is 3.38. The van der Waals surface area contributed by atoms with Crippen LogP contribution in [0.15, 0.2) is 36.9 Å². The third-order valence-electron chi connectivity index (χ3n) is 3.72. The molecule has 1 rings (SSSR count). The van der Waals surface area contributed by atoms with Crippen molar-refractivity contribution in [1.29, 1.82) is 0 Å². The lowest BCUT2D eigenvalue weighted by molar-refractivity contribution is -0.138. The molecule has 0 amide bonds. The minimum atomic E-state index is -4.38. The summed E-state index contributed by atoms with van der Waals surface area (Å²) in [5.74, 6) is 0. The van der Waals surface area contributed by atoms with E-state index in [0.717, 1.165) is 6.07 Å². The molecule has 0 aliphatic rings. The fourth-order valence-corrected chi connectivity index (χ4v) is 1.88. The second kappa shape index (κ2) is 5.00. The van der Waals surface area contributed by atoms with E-state index < -0.39 is 22.8 Å². The lowest BCUT2D eigenvalue weighted by Crippen LogP contribution is -2.41. The van der Waals surface area contributed by atoms with E-state index in [4.69, 9.17) is 0 Å². The van der Waals surface area contributed by atoms with Crippen molar-refractivity contribution in [1.82, 2.24) is 0 Å². The fourth-order valence-electron chi connectivity index (χ4n) is 1.88. The Morgan fingerprint density at radius 1 is 1.16 bits per heavy atom. The molecule has 1 nitrogen and oxygen atoms in total. The van der Waals surface area contributed by atoms with Crippen molar-refractivity contribution < 1.29 is 18.3 Å². The maximum atomic E-state index is 12.9. The highest BCUT2D eigenvalue weighted by Crippen LogP contribution is 2.39. The Labute approximate surface area is 111 Å². The number of halogens is 3. The molecule has 0 aliphatic carbocycles. The van der Waals surface area contributed by atoms with Crippen molar-refractivity contribution in [3.05, 3.63) is 48.0 Å². The summed E-state index contributed by atoms with van der Waals surface area (Å²) in [6.07, 6.45) is -2.91. The van der Waals surface area contributed by atoms with Gasteiger partial charge in [0.2, 0.25) is 0 Å². The highest BCUT2D eigenvalue weighted by Gasteiger charge is 2.40. The molecule has 0 aliphatic heterocycles. The summed E-state index contributed by atoms with van der Waals surface area (Å²) in [5.41, 5.74) is -2.47. The minimum Gasteiger partial charge on any atom is -0.386 e. The maximum Gasteiger partial charge on any atom is 0.416 e. The number of aliphatic hydroxyl groups is 1. The average Bonchev–Trinajstić information content (AvgIpc) is 2.27. The number of alkyl halides is 3. The number of hydrogen-bond donors (Lipinski definition) is 1. The minimum absolute atomic E-state index is 0.113. The van der Waals surface area contributed by atoms with Crippen LogP contribution in [0.3, 0.4) is 0 Å². The second-order valence-corrected chi connectivity index (χ2v) is 5.57. The monoisotopic (exact) mass is 272 g/mol. The zero-order valence-electron chi connectivity index (χ0n) is 11.4. The molecule has 0 saturated heterocycles. The Morgan fingerprint density at radius 3 is 2.16 bits per heavy atom. The van der Waals surface area contributed by atoms with Gasteiger partial charge in [-0.1, -0.05) is 38.1 Å². The van der Waals surface area contributed by atoms with Gasteiger partial charge in [-0.3, -0.25) is 0 Å². The molecule has 1 N–H and O–H groups in total. The first kappa shape index (κ1) is 15.8. The Morgan fingerprint density at radius 2 is 1.68 bits per heavy atom. The van der Waals surface area contributed by atoms with Crippen LogP contribution >= 0.6 is 0 Å². The van der Waals surface area contributed by atoms with Crippen LogP contribution in [0.1, 0.15) is 31.9 Å². The van der Waals surface area contributed by atoms with E-state index in [0.29, 0.717) is 0 Å². The SMILES string of the molecule is C=CC(C)(O)C(C)(C)Cc1ccccc1C(F)(F)F. The lowest BCUT2D eigenvalue weighted by atomic mass is 9.71. The summed E-state index contributed by atoms with van der Waals surface area (Å²) in [6.45, 7) is 8.54. The standard InChI is InChI=1S/C15H19F3O/c1-5-14(4,19)13(2,3)10-11-8-6-7-9-12(11)15(16,17)18/h5-9,19H,1,10H2,2-4H3. The van der Waals surface area contributed by atoms with Crippen LogP contribution < -0.4 is 0 Å². The van der Waals surface area contributed by atoms with Crippen LogP contribution in [0, 0.1) is 5.41 Å². The van der Waals surface area contributed by atoms with Crippen molar-refractivity contribution in [2.45, 2.75) is 39.0 Å². The summed E-state index contributed by atoms with van der Waals surface area (Å²) in [4.78, 5) is 0. The fraction of sp³-hybridized carbons (Fsp3) is 0.467. The molecule has 1 aromatic carbocycles. The van der Waals surface area contributed by atoms with Gasteiger partial charge in [-0.05, 0) is 25.0 Å². The second-order valence-electron chi connectivity index (χ2n) is 5.57. The third-order valence-corrected chi connectivity index (χ3v) is 3.72. The van der Waals surface area contributed by atoms with Gasteiger partial charge in [-0.2, -0.15) is 13.2 Å². The van der Waals surface area contributed by atoms with Gasteiger partial charge in [0.1, 0.15) is 0 Å². The Bertz CT molecular complexity index is 459. The van der Waals surface area contributed by atoms with Crippen molar-refractivity contribution in [3.8, 4) is 0 Å². The smallest absolute Gasteiger partial charge is 0.386 e. The maximum absolute atomic E-state index is 12.9. The van der Waals surface area contributed by atoms with E-state index >= 15 is 0 Å². The molecule has 0 radical (unpaired) electrons. The Hall–Kier alpha value is -1.29. The molecule has 0 fully saturated rings. The van der Waals surface area contributed by atoms with Crippen LogP contribution in [0.4, 0.5) is 13.2 Å². The molecule has 0 saturated carbocycles. The lowest BCUT2D eigenvalue weighted by Gasteiger charge is -2.38. The molecule has 0 spiro atoms. The van der Waals surface area contributed by atoms with E-state index in [9.17, 15) is 18.3 Å². The van der Waals surface area contributed by atoms with Crippen LogP contribution in [-0.4, -0.2) is 10.7 Å². The van der Waals surface area contributed by atoms with Crippen LogP contribution in [0.25, 0.3) is 0 Å². The molecule has 4 heteroatoms. The van der Waals surface area contributed by atoms with Gasteiger partial charge in [0.05, 0.1) is 11.2 Å². The van der Waals surface area contributed by atoms with Crippen molar-refractivity contribution in [3.63, 3.8) is 0 Å².